The standard InChI is InChI=1S/C23H30N4O7S/c1-22(2,3)21(32)34-12-33-20(31)16-23(4,5)35-19-15(18(30)27(16)19)25-17(29)14(26-24-11-28)13-9-7-6-8-10-13/h6-11,14-16,19,26H,12H2,1-5H3,(H,24,28)(H,25,29)/t14-,15+,16+,19-/m1/s1. The largest absolute Gasteiger partial charge is 0.427 e. The molecule has 0 radical (unpaired) electrons. The molecule has 0 aromatic heterocycles. The molecule has 2 aliphatic rings. The lowest BCUT2D eigenvalue weighted by molar-refractivity contribution is -0.180. The molecule has 3 amide bonds. The van der Waals surface area contributed by atoms with Gasteiger partial charge in [-0.25, -0.2) is 10.2 Å². The Balaban J connectivity index is 1.65. The quantitative estimate of drug-likeness (QED) is 0.144. The maximum atomic E-state index is 13.0. The summed E-state index contributed by atoms with van der Waals surface area (Å²) in [6.07, 6.45) is 0.407. The van der Waals surface area contributed by atoms with Gasteiger partial charge in [-0.1, -0.05) is 30.3 Å². The predicted octanol–water partition coefficient (Wildman–Crippen LogP) is 0.615. The third-order valence-corrected chi connectivity index (χ3v) is 7.22. The van der Waals surface area contributed by atoms with Gasteiger partial charge in [-0.05, 0) is 40.2 Å². The third-order valence-electron chi connectivity index (χ3n) is 5.65. The molecule has 0 unspecified atom stereocenters. The van der Waals surface area contributed by atoms with Crippen LogP contribution in [0.15, 0.2) is 30.3 Å². The molecule has 2 saturated heterocycles. The molecule has 190 valence electrons. The second-order valence-corrected chi connectivity index (χ2v) is 11.5. The Kier molecular flexibility index (Phi) is 7.75. The van der Waals surface area contributed by atoms with E-state index in [0.717, 1.165) is 0 Å². The van der Waals surface area contributed by atoms with Crippen molar-refractivity contribution in [3.05, 3.63) is 35.9 Å². The summed E-state index contributed by atoms with van der Waals surface area (Å²) in [7, 11) is 0. The van der Waals surface area contributed by atoms with Crippen LogP contribution in [0.1, 0.15) is 46.2 Å². The van der Waals surface area contributed by atoms with E-state index in [1.165, 1.54) is 16.7 Å². The molecule has 35 heavy (non-hydrogen) atoms. The van der Waals surface area contributed by atoms with Crippen LogP contribution >= 0.6 is 11.8 Å². The molecule has 12 heteroatoms. The van der Waals surface area contributed by atoms with Crippen molar-refractivity contribution in [3.8, 4) is 0 Å². The third kappa shape index (κ3) is 5.59. The van der Waals surface area contributed by atoms with Crippen LogP contribution < -0.4 is 16.2 Å². The number of fused-ring (bicyclic) bond motifs is 1. The van der Waals surface area contributed by atoms with Gasteiger partial charge in [-0.3, -0.25) is 24.6 Å². The molecule has 0 aliphatic carbocycles. The second kappa shape index (κ2) is 10.2. The number of rotatable bonds is 9. The van der Waals surface area contributed by atoms with Crippen molar-refractivity contribution in [1.82, 2.24) is 21.1 Å². The first-order valence-electron chi connectivity index (χ1n) is 11.0. The maximum absolute atomic E-state index is 13.0. The van der Waals surface area contributed by atoms with Crippen molar-refractivity contribution >= 4 is 41.9 Å². The van der Waals surface area contributed by atoms with Crippen LogP contribution in [0.2, 0.25) is 0 Å². The molecule has 4 atom stereocenters. The number of β-lactam (4-membered cyclic amide) rings is 1. The topological polar surface area (TPSA) is 143 Å². The van der Waals surface area contributed by atoms with Crippen LogP contribution in [0.4, 0.5) is 0 Å². The van der Waals surface area contributed by atoms with Gasteiger partial charge in [0.2, 0.25) is 25.0 Å². The number of carbonyl (C=O) groups excluding carboxylic acids is 5. The van der Waals surface area contributed by atoms with Gasteiger partial charge in [0.25, 0.3) is 0 Å². The Labute approximate surface area is 207 Å². The maximum Gasteiger partial charge on any atom is 0.333 e. The monoisotopic (exact) mass is 506 g/mol. The average Bonchev–Trinajstić information content (AvgIpc) is 3.05. The van der Waals surface area contributed by atoms with Crippen molar-refractivity contribution < 1.29 is 33.4 Å². The number of hydrazine groups is 1. The molecule has 0 bridgehead atoms. The lowest BCUT2D eigenvalue weighted by Gasteiger charge is -2.44. The molecule has 0 saturated carbocycles. The minimum Gasteiger partial charge on any atom is -0.427 e. The van der Waals surface area contributed by atoms with E-state index in [1.807, 2.05) is 0 Å². The van der Waals surface area contributed by atoms with E-state index in [-0.39, 0.29) is 0 Å². The minimum absolute atomic E-state index is 0.407. The zero-order valence-corrected chi connectivity index (χ0v) is 21.0. The number of nitrogens with zero attached hydrogens (tertiary/aromatic N) is 1. The highest BCUT2D eigenvalue weighted by molar-refractivity contribution is 8.01. The van der Waals surface area contributed by atoms with Crippen LogP contribution in [0.25, 0.3) is 0 Å². The highest BCUT2D eigenvalue weighted by atomic mass is 32.2. The smallest absolute Gasteiger partial charge is 0.333 e. The summed E-state index contributed by atoms with van der Waals surface area (Å²) in [4.78, 5) is 62.8. The molecule has 2 aliphatic heterocycles. The number of thioether (sulfide) groups is 1. The molecule has 3 rings (SSSR count). The molecule has 0 spiro atoms. The van der Waals surface area contributed by atoms with Crippen molar-refractivity contribution in [1.29, 1.82) is 0 Å². The van der Waals surface area contributed by atoms with Crippen molar-refractivity contribution in [2.75, 3.05) is 6.79 Å². The molecule has 11 nitrogen and oxygen atoms in total. The Morgan fingerprint density at radius 1 is 1.17 bits per heavy atom. The molecule has 2 fully saturated rings. The summed E-state index contributed by atoms with van der Waals surface area (Å²) in [6, 6.07) is 6.02. The van der Waals surface area contributed by atoms with Gasteiger partial charge in [0.05, 0.1) is 5.41 Å². The number of ether oxygens (including phenoxy) is 2. The van der Waals surface area contributed by atoms with E-state index >= 15 is 0 Å². The summed E-state index contributed by atoms with van der Waals surface area (Å²) >= 11 is 1.37. The van der Waals surface area contributed by atoms with Gasteiger partial charge in [0, 0.05) is 4.75 Å². The summed E-state index contributed by atoms with van der Waals surface area (Å²) in [5.74, 6) is -2.15. The summed E-state index contributed by atoms with van der Waals surface area (Å²) in [6.45, 7) is 8.10. The van der Waals surface area contributed by atoms with E-state index in [4.69, 9.17) is 9.47 Å². The Hall–Kier alpha value is -3.12. The van der Waals surface area contributed by atoms with Gasteiger partial charge in [0.1, 0.15) is 23.5 Å². The fraction of sp³-hybridized carbons (Fsp3) is 0.522. The van der Waals surface area contributed by atoms with E-state index in [1.54, 1.807) is 65.0 Å². The Bertz CT molecular complexity index is 995. The lowest BCUT2D eigenvalue weighted by atomic mass is 9.95. The minimum atomic E-state index is -0.930. The zero-order valence-electron chi connectivity index (χ0n) is 20.2. The molecule has 1 aromatic carbocycles. The second-order valence-electron chi connectivity index (χ2n) is 9.76. The van der Waals surface area contributed by atoms with Gasteiger partial charge in [-0.2, -0.15) is 0 Å². The Morgan fingerprint density at radius 2 is 1.83 bits per heavy atom. The first-order valence-corrected chi connectivity index (χ1v) is 11.9. The van der Waals surface area contributed by atoms with E-state index in [9.17, 15) is 24.0 Å². The van der Waals surface area contributed by atoms with Crippen molar-refractivity contribution in [3.63, 3.8) is 0 Å². The Morgan fingerprint density at radius 3 is 2.43 bits per heavy atom. The summed E-state index contributed by atoms with van der Waals surface area (Å²) in [5, 5.41) is 2.25. The highest BCUT2D eigenvalue weighted by Crippen LogP contribution is 2.51. The predicted molar refractivity (Wildman–Crippen MR) is 126 cm³/mol. The number of amides is 3. The van der Waals surface area contributed by atoms with Crippen molar-refractivity contribution in [2.24, 2.45) is 5.41 Å². The summed E-state index contributed by atoms with van der Waals surface area (Å²) in [5.41, 5.74) is 4.75. The number of esters is 2. The van der Waals surface area contributed by atoms with Gasteiger partial charge >= 0.3 is 11.9 Å². The average molecular weight is 507 g/mol. The van der Waals surface area contributed by atoms with E-state index in [2.05, 4.69) is 16.2 Å². The van der Waals surface area contributed by atoms with Crippen LogP contribution in [0, 0.1) is 5.41 Å². The fourth-order valence-corrected chi connectivity index (χ4v) is 5.48. The molecular formula is C23H30N4O7S. The van der Waals surface area contributed by atoms with Gasteiger partial charge in [0.15, 0.2) is 0 Å². The normalized spacial score (nSPS) is 23.4. The molecule has 3 N–H and O–H groups in total. The molecule has 1 aromatic rings. The number of carbonyl (C=O) groups is 5. The van der Waals surface area contributed by atoms with Crippen LogP contribution in [-0.2, 0) is 33.4 Å². The van der Waals surface area contributed by atoms with Crippen LogP contribution in [-0.4, -0.2) is 64.1 Å². The van der Waals surface area contributed by atoms with Crippen LogP contribution in [0.3, 0.4) is 0 Å². The molecule has 2 heterocycles. The lowest BCUT2D eigenvalue weighted by Crippen LogP contribution is -2.71. The SMILES string of the molecule is CC(C)(C)C(=O)OCOC(=O)[C@@H]1N2C(=O)[C@H](NC(=O)[C@H](NNC=O)c3ccccc3)[C@H]2SC1(C)C. The number of hydrogen-bond donors (Lipinski definition) is 3. The first kappa shape index (κ1) is 26.5. The van der Waals surface area contributed by atoms with E-state index in [0.29, 0.717) is 12.0 Å². The number of nitrogens with one attached hydrogen (secondary N) is 3. The first-order chi connectivity index (χ1) is 16.4. The fourth-order valence-electron chi connectivity index (χ4n) is 3.86. The van der Waals surface area contributed by atoms with Gasteiger partial charge < -0.3 is 19.7 Å². The van der Waals surface area contributed by atoms with Gasteiger partial charge in [-0.15, -0.1) is 11.8 Å². The van der Waals surface area contributed by atoms with Crippen molar-refractivity contribution in [2.45, 2.75) is 62.9 Å². The zero-order chi connectivity index (χ0) is 26.0. The number of hydrogen-bond acceptors (Lipinski definition) is 9. The molecular weight excluding hydrogens is 476 g/mol. The van der Waals surface area contributed by atoms with Crippen LogP contribution in [0.5, 0.6) is 0 Å². The highest BCUT2D eigenvalue weighted by Gasteiger charge is 2.64. The summed E-state index contributed by atoms with van der Waals surface area (Å²) < 4.78 is 9.45. The van der Waals surface area contributed by atoms with E-state index < -0.39 is 64.2 Å². The number of benzene rings is 1.